The van der Waals surface area contributed by atoms with Crippen LogP contribution in [0.15, 0.2) is 72.8 Å². The van der Waals surface area contributed by atoms with E-state index in [0.29, 0.717) is 18.5 Å². The second kappa shape index (κ2) is 10.3. The summed E-state index contributed by atoms with van der Waals surface area (Å²) in [4.78, 5) is 14.4. The molecular formula is C27H28FNO3. The topological polar surface area (TPSA) is 38.8 Å². The van der Waals surface area contributed by atoms with Crippen LogP contribution in [0.2, 0.25) is 0 Å². The lowest BCUT2D eigenvalue weighted by Crippen LogP contribution is -2.32. The number of carbonyl (C=O) groups excluding carboxylic acids is 1. The van der Waals surface area contributed by atoms with Crippen LogP contribution in [0.1, 0.15) is 42.4 Å². The molecule has 0 spiro atoms. The Hall–Kier alpha value is -3.34. The molecule has 1 aliphatic rings. The Bertz CT molecular complexity index is 1050. The molecule has 166 valence electrons. The van der Waals surface area contributed by atoms with Crippen LogP contribution in [0.4, 0.5) is 4.39 Å². The number of rotatable bonds is 9. The average Bonchev–Trinajstić information content (AvgIpc) is 3.30. The first-order valence-corrected chi connectivity index (χ1v) is 11.1. The minimum Gasteiger partial charge on any atom is -0.454 e. The largest absolute Gasteiger partial charge is 0.454 e. The zero-order valence-corrected chi connectivity index (χ0v) is 18.3. The summed E-state index contributed by atoms with van der Waals surface area (Å²) in [6.07, 6.45) is 1.99. The van der Waals surface area contributed by atoms with Crippen LogP contribution in [-0.2, 0) is 17.8 Å². The van der Waals surface area contributed by atoms with E-state index in [2.05, 4.69) is 18.2 Å². The maximum Gasteiger partial charge on any atom is 0.231 e. The summed E-state index contributed by atoms with van der Waals surface area (Å²) in [6.45, 7) is 2.91. The molecule has 0 fully saturated rings. The molecule has 3 aromatic carbocycles. The summed E-state index contributed by atoms with van der Waals surface area (Å²) in [5.41, 5.74) is 2.92. The van der Waals surface area contributed by atoms with Gasteiger partial charge in [-0.1, -0.05) is 61.5 Å². The van der Waals surface area contributed by atoms with Gasteiger partial charge in [-0.3, -0.25) is 4.79 Å². The van der Waals surface area contributed by atoms with Crippen molar-refractivity contribution in [3.63, 3.8) is 0 Å². The number of hydrogen-bond donors (Lipinski definition) is 0. The van der Waals surface area contributed by atoms with Gasteiger partial charge in [0.15, 0.2) is 11.5 Å². The van der Waals surface area contributed by atoms with E-state index in [-0.39, 0.29) is 31.0 Å². The highest BCUT2D eigenvalue weighted by molar-refractivity contribution is 5.75. The lowest BCUT2D eigenvalue weighted by atomic mass is 9.88. The van der Waals surface area contributed by atoms with E-state index in [1.165, 1.54) is 11.6 Å². The van der Waals surface area contributed by atoms with Gasteiger partial charge >= 0.3 is 0 Å². The van der Waals surface area contributed by atoms with Crippen molar-refractivity contribution in [1.82, 2.24) is 4.90 Å². The second-order valence-electron chi connectivity index (χ2n) is 8.05. The molecule has 0 aromatic heterocycles. The molecule has 4 rings (SSSR count). The fourth-order valence-corrected chi connectivity index (χ4v) is 4.11. The maximum atomic E-state index is 14.2. The smallest absolute Gasteiger partial charge is 0.231 e. The second-order valence-corrected chi connectivity index (χ2v) is 8.05. The Morgan fingerprint density at radius 1 is 1.00 bits per heavy atom. The number of nitrogens with zero attached hydrogens (tertiary/aromatic N) is 1. The van der Waals surface area contributed by atoms with Gasteiger partial charge in [-0.05, 0) is 48.1 Å². The molecule has 4 nitrogen and oxygen atoms in total. The Morgan fingerprint density at radius 2 is 1.75 bits per heavy atom. The molecular weight excluding hydrogens is 405 g/mol. The van der Waals surface area contributed by atoms with Gasteiger partial charge in [-0.15, -0.1) is 0 Å². The van der Waals surface area contributed by atoms with Gasteiger partial charge in [0.1, 0.15) is 5.82 Å². The number of hydrogen-bond acceptors (Lipinski definition) is 3. The Labute approximate surface area is 188 Å². The van der Waals surface area contributed by atoms with Crippen molar-refractivity contribution in [1.29, 1.82) is 0 Å². The maximum absolute atomic E-state index is 14.2. The van der Waals surface area contributed by atoms with Gasteiger partial charge in [0.2, 0.25) is 12.7 Å². The summed E-state index contributed by atoms with van der Waals surface area (Å²) in [6, 6.07) is 23.0. The van der Waals surface area contributed by atoms with E-state index in [0.717, 1.165) is 29.9 Å². The van der Waals surface area contributed by atoms with Crippen LogP contribution in [0.3, 0.4) is 0 Å². The van der Waals surface area contributed by atoms with Gasteiger partial charge in [0.05, 0.1) is 0 Å². The van der Waals surface area contributed by atoms with Crippen LogP contribution >= 0.6 is 0 Å². The van der Waals surface area contributed by atoms with Crippen LogP contribution in [0, 0.1) is 5.82 Å². The molecule has 5 heteroatoms. The molecule has 0 bridgehead atoms. The van der Waals surface area contributed by atoms with E-state index in [1.54, 1.807) is 23.1 Å². The highest BCUT2D eigenvalue weighted by Crippen LogP contribution is 2.36. The molecule has 1 amide bonds. The predicted molar refractivity (Wildman–Crippen MR) is 122 cm³/mol. The van der Waals surface area contributed by atoms with E-state index < -0.39 is 0 Å². The lowest BCUT2D eigenvalue weighted by Gasteiger charge is -2.26. The molecule has 1 atom stereocenters. The normalized spacial score (nSPS) is 13.1. The summed E-state index contributed by atoms with van der Waals surface area (Å²) < 4.78 is 25.3. The Morgan fingerprint density at radius 3 is 2.53 bits per heavy atom. The molecule has 0 N–H and O–H groups in total. The Balaban J connectivity index is 1.54. The predicted octanol–water partition coefficient (Wildman–Crippen LogP) is 5.71. The standard InChI is InChI=1S/C27H28FNO3/c1-2-27(30)29(18-23-10-6-7-11-24(23)28)15-14-22(16-20-8-4-3-5-9-20)21-12-13-25-26(17-21)32-19-31-25/h3-13,17,22H,2,14-16,18-19H2,1H3/t22-/m1/s1. The van der Waals surface area contributed by atoms with E-state index in [9.17, 15) is 9.18 Å². The third-order valence-electron chi connectivity index (χ3n) is 5.91. The van der Waals surface area contributed by atoms with Crippen molar-refractivity contribution in [3.8, 4) is 11.5 Å². The summed E-state index contributed by atoms with van der Waals surface area (Å²) >= 11 is 0. The quantitative estimate of drug-likeness (QED) is 0.434. The Kier molecular flexibility index (Phi) is 7.05. The van der Waals surface area contributed by atoms with Gasteiger partial charge in [-0.25, -0.2) is 4.39 Å². The minimum absolute atomic E-state index is 0.0254. The number of carbonyl (C=O) groups is 1. The van der Waals surface area contributed by atoms with Crippen molar-refractivity contribution in [2.45, 2.75) is 38.6 Å². The molecule has 0 unspecified atom stereocenters. The van der Waals surface area contributed by atoms with Crippen LogP contribution in [0.25, 0.3) is 0 Å². The van der Waals surface area contributed by atoms with Crippen molar-refractivity contribution in [3.05, 3.63) is 95.3 Å². The number of amides is 1. The molecule has 1 aliphatic heterocycles. The number of ether oxygens (including phenoxy) is 2. The zero-order chi connectivity index (χ0) is 22.3. The van der Waals surface area contributed by atoms with Crippen LogP contribution in [0.5, 0.6) is 11.5 Å². The SMILES string of the molecule is CCC(=O)N(CC[C@H](Cc1ccccc1)c1ccc2c(c1)OCO2)Cc1ccccc1F. The van der Waals surface area contributed by atoms with Crippen molar-refractivity contribution >= 4 is 5.91 Å². The fraction of sp³-hybridized carbons (Fsp3) is 0.296. The monoisotopic (exact) mass is 433 g/mol. The first-order chi connectivity index (χ1) is 15.6. The molecule has 0 aliphatic carbocycles. The highest BCUT2D eigenvalue weighted by Gasteiger charge is 2.21. The summed E-state index contributed by atoms with van der Waals surface area (Å²) in [5.74, 6) is 1.44. The lowest BCUT2D eigenvalue weighted by molar-refractivity contribution is -0.131. The highest BCUT2D eigenvalue weighted by atomic mass is 19.1. The molecule has 3 aromatic rings. The van der Waals surface area contributed by atoms with E-state index in [1.807, 2.05) is 37.3 Å². The van der Waals surface area contributed by atoms with Gasteiger partial charge in [-0.2, -0.15) is 0 Å². The van der Waals surface area contributed by atoms with Crippen molar-refractivity contribution in [2.24, 2.45) is 0 Å². The van der Waals surface area contributed by atoms with E-state index in [4.69, 9.17) is 9.47 Å². The van der Waals surface area contributed by atoms with Crippen molar-refractivity contribution < 1.29 is 18.7 Å². The molecule has 0 saturated heterocycles. The third kappa shape index (κ3) is 5.28. The molecule has 0 saturated carbocycles. The first-order valence-electron chi connectivity index (χ1n) is 11.1. The average molecular weight is 434 g/mol. The van der Waals surface area contributed by atoms with Gasteiger partial charge < -0.3 is 14.4 Å². The molecule has 32 heavy (non-hydrogen) atoms. The molecule has 0 radical (unpaired) electrons. The summed E-state index contributed by atoms with van der Waals surface area (Å²) in [7, 11) is 0. The zero-order valence-electron chi connectivity index (χ0n) is 18.3. The number of halogens is 1. The van der Waals surface area contributed by atoms with Crippen molar-refractivity contribution in [2.75, 3.05) is 13.3 Å². The fourth-order valence-electron chi connectivity index (χ4n) is 4.11. The minimum atomic E-state index is -0.280. The first kappa shape index (κ1) is 21.9. The van der Waals surface area contributed by atoms with Gasteiger partial charge in [0.25, 0.3) is 0 Å². The van der Waals surface area contributed by atoms with Crippen LogP contribution in [-0.4, -0.2) is 24.1 Å². The third-order valence-corrected chi connectivity index (χ3v) is 5.91. The van der Waals surface area contributed by atoms with E-state index >= 15 is 0 Å². The number of fused-ring (bicyclic) bond motifs is 1. The summed E-state index contributed by atoms with van der Waals surface area (Å²) in [5, 5.41) is 0. The molecule has 1 heterocycles. The van der Waals surface area contributed by atoms with Crippen LogP contribution < -0.4 is 9.47 Å². The number of benzene rings is 3. The van der Waals surface area contributed by atoms with Gasteiger partial charge in [0, 0.05) is 25.1 Å².